The standard InChI is InChI=1S/C19H24N4O3.ClH/c1-26-17(24)16(15-6-3-2-4-7-15)14-21-18(25)19(8-11-20-12-9-19)23-13-5-10-22-23;/h2-7,10,13,16,20H,8-9,11-12,14H2,1H3,(H,21,25);1H. The van der Waals surface area contributed by atoms with Crippen molar-refractivity contribution in [2.45, 2.75) is 24.3 Å². The van der Waals surface area contributed by atoms with Crippen LogP contribution in [0.4, 0.5) is 0 Å². The molecule has 1 amide bonds. The van der Waals surface area contributed by atoms with E-state index in [1.807, 2.05) is 42.6 Å². The second-order valence-electron chi connectivity index (χ2n) is 6.43. The molecular formula is C19H25ClN4O3. The van der Waals surface area contributed by atoms with Crippen molar-refractivity contribution < 1.29 is 14.3 Å². The number of benzene rings is 1. The Morgan fingerprint density at radius 3 is 2.56 bits per heavy atom. The van der Waals surface area contributed by atoms with Crippen LogP contribution in [-0.2, 0) is 19.9 Å². The van der Waals surface area contributed by atoms with Crippen LogP contribution in [0.5, 0.6) is 0 Å². The van der Waals surface area contributed by atoms with E-state index in [0.29, 0.717) is 12.8 Å². The lowest BCUT2D eigenvalue weighted by Crippen LogP contribution is -2.55. The second kappa shape index (κ2) is 9.53. The summed E-state index contributed by atoms with van der Waals surface area (Å²) in [7, 11) is 1.36. The first-order valence-electron chi connectivity index (χ1n) is 8.79. The number of hydrogen-bond acceptors (Lipinski definition) is 5. The summed E-state index contributed by atoms with van der Waals surface area (Å²) in [6.45, 7) is 1.67. The summed E-state index contributed by atoms with van der Waals surface area (Å²) in [5, 5.41) is 10.6. The van der Waals surface area contributed by atoms with E-state index >= 15 is 0 Å². The highest BCUT2D eigenvalue weighted by atomic mass is 35.5. The predicted octanol–water partition coefficient (Wildman–Crippen LogP) is 1.46. The Labute approximate surface area is 164 Å². The van der Waals surface area contributed by atoms with E-state index in [2.05, 4.69) is 15.7 Å². The van der Waals surface area contributed by atoms with Crippen LogP contribution in [0.25, 0.3) is 0 Å². The molecule has 0 bridgehead atoms. The van der Waals surface area contributed by atoms with Crippen molar-refractivity contribution in [3.63, 3.8) is 0 Å². The average Bonchev–Trinajstić information content (AvgIpc) is 3.24. The second-order valence-corrected chi connectivity index (χ2v) is 6.43. The largest absolute Gasteiger partial charge is 0.468 e. The van der Waals surface area contributed by atoms with Gasteiger partial charge >= 0.3 is 5.97 Å². The normalized spacial score (nSPS) is 16.6. The van der Waals surface area contributed by atoms with Crippen LogP contribution in [-0.4, -0.2) is 48.4 Å². The Hall–Kier alpha value is -2.38. The molecule has 1 atom stereocenters. The lowest BCUT2D eigenvalue weighted by Gasteiger charge is -2.36. The molecule has 1 aromatic heterocycles. The van der Waals surface area contributed by atoms with Crippen molar-refractivity contribution in [1.29, 1.82) is 0 Å². The monoisotopic (exact) mass is 392 g/mol. The van der Waals surface area contributed by atoms with Gasteiger partial charge in [0.05, 0.1) is 13.0 Å². The molecule has 1 fully saturated rings. The molecule has 0 aliphatic carbocycles. The van der Waals surface area contributed by atoms with Crippen molar-refractivity contribution in [1.82, 2.24) is 20.4 Å². The molecular weight excluding hydrogens is 368 g/mol. The number of nitrogens with one attached hydrogen (secondary N) is 2. The zero-order valence-electron chi connectivity index (χ0n) is 15.3. The van der Waals surface area contributed by atoms with Gasteiger partial charge in [-0.25, -0.2) is 0 Å². The maximum absolute atomic E-state index is 13.1. The van der Waals surface area contributed by atoms with Crippen LogP contribution in [0.15, 0.2) is 48.8 Å². The average molecular weight is 393 g/mol. The summed E-state index contributed by atoms with van der Waals surface area (Å²) in [5.41, 5.74) is 0.0876. The summed E-state index contributed by atoms with van der Waals surface area (Å²) < 4.78 is 6.66. The van der Waals surface area contributed by atoms with Gasteiger partial charge in [0, 0.05) is 18.9 Å². The molecule has 1 aliphatic rings. The summed E-state index contributed by atoms with van der Waals surface area (Å²) in [6, 6.07) is 11.2. The van der Waals surface area contributed by atoms with E-state index in [0.717, 1.165) is 18.7 Å². The number of nitrogens with zero attached hydrogens (tertiary/aromatic N) is 2. The van der Waals surface area contributed by atoms with Gasteiger partial charge in [0.2, 0.25) is 5.91 Å². The molecule has 2 N–H and O–H groups in total. The zero-order chi connectivity index (χ0) is 18.4. The highest BCUT2D eigenvalue weighted by molar-refractivity contribution is 5.86. The number of ether oxygens (including phenoxy) is 1. The molecule has 27 heavy (non-hydrogen) atoms. The van der Waals surface area contributed by atoms with E-state index < -0.39 is 11.5 Å². The van der Waals surface area contributed by atoms with E-state index in [1.54, 1.807) is 10.9 Å². The molecule has 1 aromatic carbocycles. The molecule has 2 heterocycles. The van der Waals surface area contributed by atoms with Gasteiger partial charge in [0.15, 0.2) is 0 Å². The molecule has 8 heteroatoms. The first kappa shape index (κ1) is 20.9. The van der Waals surface area contributed by atoms with Crippen LogP contribution < -0.4 is 10.6 Å². The molecule has 1 aliphatic heterocycles. The minimum absolute atomic E-state index is 0. The Bertz CT molecular complexity index is 731. The number of rotatable bonds is 6. The third-order valence-corrected chi connectivity index (χ3v) is 4.95. The maximum atomic E-state index is 13.1. The van der Waals surface area contributed by atoms with E-state index in [9.17, 15) is 9.59 Å². The van der Waals surface area contributed by atoms with Gasteiger partial charge in [-0.05, 0) is 37.6 Å². The van der Waals surface area contributed by atoms with Gasteiger partial charge in [0.25, 0.3) is 0 Å². The predicted molar refractivity (Wildman–Crippen MR) is 104 cm³/mol. The highest BCUT2D eigenvalue weighted by Gasteiger charge is 2.42. The number of methoxy groups -OCH3 is 1. The van der Waals surface area contributed by atoms with Crippen molar-refractivity contribution in [3.8, 4) is 0 Å². The number of amides is 1. The minimum Gasteiger partial charge on any atom is -0.468 e. The van der Waals surface area contributed by atoms with Crippen molar-refractivity contribution >= 4 is 24.3 Å². The number of hydrogen-bond donors (Lipinski definition) is 2. The fourth-order valence-electron chi connectivity index (χ4n) is 3.45. The smallest absolute Gasteiger partial charge is 0.314 e. The summed E-state index contributed by atoms with van der Waals surface area (Å²) >= 11 is 0. The number of carbonyl (C=O) groups is 2. The van der Waals surface area contributed by atoms with Crippen molar-refractivity contribution in [2.75, 3.05) is 26.7 Å². The molecule has 1 saturated heterocycles. The maximum Gasteiger partial charge on any atom is 0.314 e. The molecule has 146 valence electrons. The SMILES string of the molecule is COC(=O)C(CNC(=O)C1(n2cccn2)CCNCC1)c1ccccc1.Cl. The summed E-state index contributed by atoms with van der Waals surface area (Å²) in [5.74, 6) is -1.02. The first-order chi connectivity index (χ1) is 12.7. The fraction of sp³-hybridized carbons (Fsp3) is 0.421. The third-order valence-electron chi connectivity index (χ3n) is 4.95. The number of carbonyl (C=O) groups excluding carboxylic acids is 2. The van der Waals surface area contributed by atoms with Crippen LogP contribution in [0.2, 0.25) is 0 Å². The molecule has 0 radical (unpaired) electrons. The van der Waals surface area contributed by atoms with Gasteiger partial charge in [-0.1, -0.05) is 30.3 Å². The molecule has 0 saturated carbocycles. The number of piperidine rings is 1. The van der Waals surface area contributed by atoms with Gasteiger partial charge < -0.3 is 15.4 Å². The summed E-state index contributed by atoms with van der Waals surface area (Å²) in [6.07, 6.45) is 4.79. The lowest BCUT2D eigenvalue weighted by atomic mass is 9.87. The Morgan fingerprint density at radius 1 is 1.26 bits per heavy atom. The van der Waals surface area contributed by atoms with Crippen molar-refractivity contribution in [3.05, 3.63) is 54.4 Å². The summed E-state index contributed by atoms with van der Waals surface area (Å²) in [4.78, 5) is 25.3. The minimum atomic E-state index is -0.730. The lowest BCUT2D eigenvalue weighted by molar-refractivity contribution is -0.142. The van der Waals surface area contributed by atoms with Gasteiger partial charge in [0.1, 0.15) is 5.54 Å². The Balaban J connectivity index is 0.00000261. The molecule has 7 nitrogen and oxygen atoms in total. The molecule has 0 spiro atoms. The van der Waals surface area contributed by atoms with Crippen LogP contribution in [0.3, 0.4) is 0 Å². The topological polar surface area (TPSA) is 85.2 Å². The number of aromatic nitrogens is 2. The Kier molecular flexibility index (Phi) is 7.38. The van der Waals surface area contributed by atoms with Gasteiger partial charge in [-0.2, -0.15) is 5.10 Å². The Morgan fingerprint density at radius 2 is 1.96 bits per heavy atom. The van der Waals surface area contributed by atoms with Gasteiger partial charge in [-0.3, -0.25) is 14.3 Å². The van der Waals surface area contributed by atoms with E-state index in [1.165, 1.54) is 7.11 Å². The quantitative estimate of drug-likeness (QED) is 0.727. The van der Waals surface area contributed by atoms with Crippen molar-refractivity contribution in [2.24, 2.45) is 0 Å². The number of halogens is 1. The molecule has 1 unspecified atom stereocenters. The van der Waals surface area contributed by atoms with Crippen LogP contribution in [0, 0.1) is 0 Å². The molecule has 2 aromatic rings. The molecule has 3 rings (SSSR count). The van der Waals surface area contributed by atoms with E-state index in [4.69, 9.17) is 4.74 Å². The van der Waals surface area contributed by atoms with Crippen LogP contribution >= 0.6 is 12.4 Å². The fourth-order valence-corrected chi connectivity index (χ4v) is 3.45. The third kappa shape index (κ3) is 4.48. The van der Waals surface area contributed by atoms with Gasteiger partial charge in [-0.15, -0.1) is 12.4 Å². The number of esters is 1. The zero-order valence-corrected chi connectivity index (χ0v) is 16.1. The first-order valence-corrected chi connectivity index (χ1v) is 8.79. The van der Waals surface area contributed by atoms with Crippen LogP contribution in [0.1, 0.15) is 24.3 Å². The highest BCUT2D eigenvalue weighted by Crippen LogP contribution is 2.27. The van der Waals surface area contributed by atoms with E-state index in [-0.39, 0.29) is 30.8 Å².